The topological polar surface area (TPSA) is 82.3 Å². The van der Waals surface area contributed by atoms with Crippen molar-refractivity contribution in [3.8, 4) is 34.6 Å². The van der Waals surface area contributed by atoms with Crippen molar-refractivity contribution in [3.05, 3.63) is 83.6 Å². The number of nitrogens with zero attached hydrogens (tertiary/aromatic N) is 2. The number of aromatic nitrogens is 2. The van der Waals surface area contributed by atoms with E-state index in [0.717, 1.165) is 33.6 Å². The van der Waals surface area contributed by atoms with Crippen LogP contribution >= 0.6 is 0 Å². The molecule has 1 atom stereocenters. The maximum Gasteiger partial charge on any atom is 0.223 e. The van der Waals surface area contributed by atoms with Gasteiger partial charge in [-0.25, -0.2) is 4.98 Å². The smallest absolute Gasteiger partial charge is 0.223 e. The van der Waals surface area contributed by atoms with Gasteiger partial charge in [0, 0.05) is 60.1 Å². The Labute approximate surface area is 187 Å². The molecule has 5 rings (SSSR count). The Kier molecular flexibility index (Phi) is 4.65. The van der Waals surface area contributed by atoms with E-state index in [4.69, 9.17) is 15.2 Å². The van der Waals surface area contributed by atoms with Crippen molar-refractivity contribution >= 4 is 0 Å². The highest BCUT2D eigenvalue weighted by Crippen LogP contribution is 2.50. The Morgan fingerprint density at radius 2 is 2.03 bits per heavy atom. The lowest BCUT2D eigenvalue weighted by Gasteiger charge is -2.35. The van der Waals surface area contributed by atoms with Gasteiger partial charge in [-0.1, -0.05) is 17.9 Å². The molecule has 32 heavy (non-hydrogen) atoms. The van der Waals surface area contributed by atoms with E-state index in [9.17, 15) is 0 Å². The number of pyridine rings is 2. The summed E-state index contributed by atoms with van der Waals surface area (Å²) in [5.74, 6) is 8.39. The predicted molar refractivity (Wildman–Crippen MR) is 123 cm³/mol. The molecule has 2 aliphatic heterocycles. The van der Waals surface area contributed by atoms with Gasteiger partial charge in [-0.15, -0.1) is 0 Å². The number of fused-ring (bicyclic) bond motifs is 4. The fourth-order valence-corrected chi connectivity index (χ4v) is 4.07. The summed E-state index contributed by atoms with van der Waals surface area (Å²) in [4.78, 5) is 8.89. The quantitative estimate of drug-likeness (QED) is 0.611. The van der Waals surface area contributed by atoms with Crippen LogP contribution < -0.4 is 15.8 Å². The number of methoxy groups -OCH3 is 1. The second-order valence-corrected chi connectivity index (χ2v) is 8.52. The van der Waals surface area contributed by atoms with Crippen LogP contribution in [0.2, 0.25) is 0 Å². The van der Waals surface area contributed by atoms with Crippen molar-refractivity contribution in [3.63, 3.8) is 0 Å². The Morgan fingerprint density at radius 1 is 1.16 bits per heavy atom. The van der Waals surface area contributed by atoms with E-state index in [1.807, 2.05) is 50.5 Å². The first kappa shape index (κ1) is 20.1. The highest BCUT2D eigenvalue weighted by atomic mass is 16.5. The van der Waals surface area contributed by atoms with E-state index in [1.165, 1.54) is 0 Å². The average Bonchev–Trinajstić information content (AvgIpc) is 3.21. The number of ether oxygens (including phenoxy) is 2. The summed E-state index contributed by atoms with van der Waals surface area (Å²) in [5, 5.41) is 3.29. The van der Waals surface area contributed by atoms with Gasteiger partial charge in [0.05, 0.1) is 11.2 Å². The molecule has 6 nitrogen and oxygen atoms in total. The molecule has 1 aromatic carbocycles. The van der Waals surface area contributed by atoms with Crippen LogP contribution in [0.25, 0.3) is 11.1 Å². The van der Waals surface area contributed by atoms with Gasteiger partial charge in [-0.2, -0.15) is 0 Å². The van der Waals surface area contributed by atoms with E-state index in [2.05, 4.69) is 45.3 Å². The summed E-state index contributed by atoms with van der Waals surface area (Å²) in [5.41, 5.74) is 9.99. The van der Waals surface area contributed by atoms with Crippen LogP contribution in [0.1, 0.15) is 30.5 Å². The minimum absolute atomic E-state index is 0.507. The van der Waals surface area contributed by atoms with Crippen LogP contribution in [0.3, 0.4) is 0 Å². The first-order valence-electron chi connectivity index (χ1n) is 10.4. The molecule has 0 saturated heterocycles. The van der Waals surface area contributed by atoms with Crippen molar-refractivity contribution in [2.75, 3.05) is 13.7 Å². The molecular weight excluding hydrogens is 400 g/mol. The van der Waals surface area contributed by atoms with Crippen molar-refractivity contribution in [2.24, 2.45) is 5.73 Å². The summed E-state index contributed by atoms with van der Waals surface area (Å²) < 4.78 is 11.6. The number of hydrogen-bond acceptors (Lipinski definition) is 6. The van der Waals surface area contributed by atoms with Crippen molar-refractivity contribution < 1.29 is 9.47 Å². The van der Waals surface area contributed by atoms with E-state index in [-0.39, 0.29) is 0 Å². The van der Waals surface area contributed by atoms with Gasteiger partial charge in [0.25, 0.3) is 0 Å². The zero-order valence-electron chi connectivity index (χ0n) is 18.3. The molecule has 4 heterocycles. The summed E-state index contributed by atoms with van der Waals surface area (Å²) in [6, 6.07) is 12.0. The Bertz CT molecular complexity index is 1290. The van der Waals surface area contributed by atoms with Gasteiger partial charge in [0.1, 0.15) is 11.4 Å². The number of hydrogen-bond donors (Lipinski definition) is 2. The lowest BCUT2D eigenvalue weighted by atomic mass is 9.73. The molecule has 2 aromatic heterocycles. The van der Waals surface area contributed by atoms with Crippen LogP contribution in [0.4, 0.5) is 0 Å². The maximum absolute atomic E-state index is 6.21. The Balaban J connectivity index is 1.66. The normalized spacial score (nSPS) is 18.5. The average molecular weight is 425 g/mol. The van der Waals surface area contributed by atoms with Gasteiger partial charge in [-0.3, -0.25) is 4.98 Å². The molecule has 3 N–H and O–H groups in total. The van der Waals surface area contributed by atoms with Crippen molar-refractivity contribution in [2.45, 2.75) is 24.9 Å². The van der Waals surface area contributed by atoms with Crippen LogP contribution in [-0.4, -0.2) is 29.2 Å². The van der Waals surface area contributed by atoms with Crippen LogP contribution in [-0.2, 0) is 10.2 Å². The SMILES string of the molecule is COC(C)(C)C#Cc1ccc2c(c1)C1(C=C(N)NC1)c1cc(-c3cccnc3)cnc1O2. The van der Waals surface area contributed by atoms with E-state index in [0.29, 0.717) is 18.2 Å². The molecule has 2 aliphatic rings. The van der Waals surface area contributed by atoms with Gasteiger partial charge in [0.2, 0.25) is 5.88 Å². The molecule has 0 fully saturated rings. The molecule has 3 aromatic rings. The molecule has 6 heteroatoms. The van der Waals surface area contributed by atoms with Crippen molar-refractivity contribution in [1.29, 1.82) is 0 Å². The largest absolute Gasteiger partial charge is 0.438 e. The van der Waals surface area contributed by atoms with Gasteiger partial charge in [0.15, 0.2) is 0 Å². The highest BCUT2D eigenvalue weighted by Gasteiger charge is 2.44. The number of benzene rings is 1. The van der Waals surface area contributed by atoms with Crippen molar-refractivity contribution in [1.82, 2.24) is 15.3 Å². The minimum Gasteiger partial charge on any atom is -0.438 e. The standard InChI is InChI=1S/C26H24N4O2/c1-25(2,31-3)9-8-17-6-7-22-20(11-17)26(13-23(27)30-16-26)21-12-19(15-29-24(21)32-22)18-5-4-10-28-14-18/h4-7,10-15,30H,16,27H2,1-3H3. The molecule has 0 aliphatic carbocycles. The molecular formula is C26H24N4O2. The molecule has 1 unspecified atom stereocenters. The molecule has 0 amide bonds. The minimum atomic E-state index is -0.529. The number of nitrogens with two attached hydrogens (primary N) is 1. The maximum atomic E-state index is 6.21. The monoisotopic (exact) mass is 424 g/mol. The van der Waals surface area contributed by atoms with Crippen LogP contribution in [0.5, 0.6) is 11.6 Å². The molecule has 0 radical (unpaired) electrons. The summed E-state index contributed by atoms with van der Waals surface area (Å²) in [6.45, 7) is 4.49. The first-order valence-corrected chi connectivity index (χ1v) is 10.4. The third kappa shape index (κ3) is 3.37. The summed E-state index contributed by atoms with van der Waals surface area (Å²) in [7, 11) is 1.66. The summed E-state index contributed by atoms with van der Waals surface area (Å²) in [6.07, 6.45) is 7.46. The second-order valence-electron chi connectivity index (χ2n) is 8.52. The third-order valence-electron chi connectivity index (χ3n) is 5.98. The Morgan fingerprint density at radius 3 is 2.75 bits per heavy atom. The lowest BCUT2D eigenvalue weighted by molar-refractivity contribution is 0.0742. The van der Waals surface area contributed by atoms with E-state index in [1.54, 1.807) is 13.3 Å². The molecule has 0 bridgehead atoms. The first-order chi connectivity index (χ1) is 15.4. The fourth-order valence-electron chi connectivity index (χ4n) is 4.07. The fraction of sp³-hybridized carbons (Fsp3) is 0.231. The van der Waals surface area contributed by atoms with Gasteiger partial charge >= 0.3 is 0 Å². The third-order valence-corrected chi connectivity index (χ3v) is 5.98. The lowest BCUT2D eigenvalue weighted by Crippen LogP contribution is -2.34. The van der Waals surface area contributed by atoms with Gasteiger partial charge in [-0.05, 0) is 50.3 Å². The molecule has 160 valence electrons. The zero-order valence-corrected chi connectivity index (χ0v) is 18.3. The molecule has 1 spiro atoms. The van der Waals surface area contributed by atoms with Crippen LogP contribution in [0, 0.1) is 11.8 Å². The van der Waals surface area contributed by atoms with E-state index >= 15 is 0 Å². The molecule has 0 saturated carbocycles. The predicted octanol–water partition coefficient (Wildman–Crippen LogP) is 3.72. The second kappa shape index (κ2) is 7.40. The number of rotatable bonds is 2. The highest BCUT2D eigenvalue weighted by molar-refractivity contribution is 5.69. The zero-order chi connectivity index (χ0) is 22.3. The van der Waals surface area contributed by atoms with E-state index < -0.39 is 11.0 Å². The number of nitrogens with one attached hydrogen (secondary N) is 1. The summed E-state index contributed by atoms with van der Waals surface area (Å²) >= 11 is 0. The Hall–Kier alpha value is -3.82. The van der Waals surface area contributed by atoms with Gasteiger partial charge < -0.3 is 20.5 Å². The van der Waals surface area contributed by atoms with Crippen LogP contribution in [0.15, 0.2) is 66.9 Å².